The number of methoxy groups -OCH3 is 1. The van der Waals surface area contributed by atoms with Crippen molar-refractivity contribution in [2.24, 2.45) is 0 Å². The van der Waals surface area contributed by atoms with Gasteiger partial charge >= 0.3 is 0 Å². The van der Waals surface area contributed by atoms with Gasteiger partial charge in [0.2, 0.25) is 5.88 Å². The molecule has 1 amide bonds. The Hall–Kier alpha value is -3.45. The van der Waals surface area contributed by atoms with Gasteiger partial charge in [-0.2, -0.15) is 0 Å². The first kappa shape index (κ1) is 18.9. The third-order valence-electron chi connectivity index (χ3n) is 4.94. The Labute approximate surface area is 169 Å². The third-order valence-corrected chi connectivity index (χ3v) is 4.94. The van der Waals surface area contributed by atoms with Crippen LogP contribution in [0.25, 0.3) is 22.3 Å². The monoisotopic (exact) mass is 390 g/mol. The van der Waals surface area contributed by atoms with Gasteiger partial charge in [-0.25, -0.2) is 9.97 Å². The van der Waals surface area contributed by atoms with Crippen molar-refractivity contribution in [2.75, 3.05) is 39.1 Å². The van der Waals surface area contributed by atoms with Crippen LogP contribution in [-0.4, -0.2) is 54.2 Å². The molecule has 2 N–H and O–H groups in total. The minimum Gasteiger partial charge on any atom is -0.481 e. The molecule has 148 valence electrons. The van der Waals surface area contributed by atoms with Crippen LogP contribution in [-0.2, 0) is 4.74 Å². The van der Waals surface area contributed by atoms with E-state index in [4.69, 9.17) is 15.2 Å². The fraction of sp³-hybridized carbons (Fsp3) is 0.227. The highest BCUT2D eigenvalue weighted by atomic mass is 16.5. The maximum atomic E-state index is 12.6. The molecule has 0 unspecified atom stereocenters. The maximum Gasteiger partial charge on any atom is 0.254 e. The van der Waals surface area contributed by atoms with Crippen LogP contribution in [0.15, 0.2) is 54.9 Å². The summed E-state index contributed by atoms with van der Waals surface area (Å²) in [5.74, 6) is 0.997. The molecule has 29 heavy (non-hydrogen) atoms. The summed E-state index contributed by atoms with van der Waals surface area (Å²) in [5.41, 5.74) is 10.3. The van der Waals surface area contributed by atoms with E-state index in [0.29, 0.717) is 43.6 Å². The number of morpholine rings is 1. The van der Waals surface area contributed by atoms with E-state index < -0.39 is 0 Å². The zero-order chi connectivity index (χ0) is 20.2. The molecule has 0 atom stereocenters. The number of anilines is 1. The van der Waals surface area contributed by atoms with Gasteiger partial charge in [-0.15, -0.1) is 0 Å². The molecule has 7 nitrogen and oxygen atoms in total. The van der Waals surface area contributed by atoms with Crippen molar-refractivity contribution in [3.63, 3.8) is 0 Å². The lowest BCUT2D eigenvalue weighted by Gasteiger charge is -2.26. The molecular weight excluding hydrogens is 368 g/mol. The Morgan fingerprint density at radius 2 is 1.69 bits per heavy atom. The van der Waals surface area contributed by atoms with Gasteiger partial charge in [0.1, 0.15) is 5.82 Å². The largest absolute Gasteiger partial charge is 0.481 e. The molecule has 4 rings (SSSR count). The van der Waals surface area contributed by atoms with Gasteiger partial charge < -0.3 is 20.1 Å². The van der Waals surface area contributed by atoms with Crippen molar-refractivity contribution >= 4 is 11.7 Å². The molecule has 0 aliphatic carbocycles. The second-order valence-corrected chi connectivity index (χ2v) is 6.73. The SMILES string of the molecule is COc1ccc(-c2cc(-c3ccc(C(=O)N4CCOCC4)cc3)cnc2N)cn1. The van der Waals surface area contributed by atoms with E-state index in [1.807, 2.05) is 41.3 Å². The van der Waals surface area contributed by atoms with Gasteiger partial charge in [0.05, 0.1) is 20.3 Å². The summed E-state index contributed by atoms with van der Waals surface area (Å²) in [6.07, 6.45) is 3.44. The van der Waals surface area contributed by atoms with Gasteiger partial charge in [-0.1, -0.05) is 12.1 Å². The number of benzene rings is 1. The second kappa shape index (κ2) is 8.28. The predicted molar refractivity (Wildman–Crippen MR) is 111 cm³/mol. The minimum atomic E-state index is 0.0280. The lowest BCUT2D eigenvalue weighted by molar-refractivity contribution is 0.0303. The quantitative estimate of drug-likeness (QED) is 0.737. The van der Waals surface area contributed by atoms with Crippen molar-refractivity contribution in [1.82, 2.24) is 14.9 Å². The molecule has 3 heterocycles. The van der Waals surface area contributed by atoms with Crippen molar-refractivity contribution in [3.05, 3.63) is 60.4 Å². The van der Waals surface area contributed by atoms with Crippen LogP contribution in [0.3, 0.4) is 0 Å². The summed E-state index contributed by atoms with van der Waals surface area (Å²) in [6.45, 7) is 2.43. The fourth-order valence-electron chi connectivity index (χ4n) is 3.28. The molecule has 0 spiro atoms. The van der Waals surface area contributed by atoms with Crippen LogP contribution in [0.1, 0.15) is 10.4 Å². The molecule has 1 fully saturated rings. The summed E-state index contributed by atoms with van der Waals surface area (Å²) in [4.78, 5) is 23.0. The lowest BCUT2D eigenvalue weighted by Crippen LogP contribution is -2.40. The number of amides is 1. The Morgan fingerprint density at radius 1 is 1.00 bits per heavy atom. The highest BCUT2D eigenvalue weighted by Crippen LogP contribution is 2.30. The lowest BCUT2D eigenvalue weighted by atomic mass is 10.0. The van der Waals surface area contributed by atoms with Crippen molar-refractivity contribution in [1.29, 1.82) is 0 Å². The molecule has 1 aliphatic heterocycles. The number of aromatic nitrogens is 2. The average molecular weight is 390 g/mol. The predicted octanol–water partition coefficient (Wildman–Crippen LogP) is 2.87. The molecule has 1 aromatic carbocycles. The number of carbonyl (C=O) groups excluding carboxylic acids is 1. The Morgan fingerprint density at radius 3 is 2.34 bits per heavy atom. The third kappa shape index (κ3) is 4.05. The molecule has 2 aromatic heterocycles. The highest BCUT2D eigenvalue weighted by Gasteiger charge is 2.18. The smallest absolute Gasteiger partial charge is 0.254 e. The molecule has 0 radical (unpaired) electrons. The van der Waals surface area contributed by atoms with Crippen LogP contribution in [0, 0.1) is 0 Å². The van der Waals surface area contributed by atoms with E-state index in [1.54, 1.807) is 25.6 Å². The van der Waals surface area contributed by atoms with Crippen LogP contribution < -0.4 is 10.5 Å². The van der Waals surface area contributed by atoms with Gasteiger partial charge in [-0.05, 0) is 29.8 Å². The number of ether oxygens (including phenoxy) is 2. The average Bonchev–Trinajstić information content (AvgIpc) is 2.80. The normalized spacial score (nSPS) is 13.9. The Kier molecular flexibility index (Phi) is 5.39. The van der Waals surface area contributed by atoms with Crippen molar-refractivity contribution in [3.8, 4) is 28.1 Å². The van der Waals surface area contributed by atoms with Crippen LogP contribution in [0.2, 0.25) is 0 Å². The molecule has 3 aromatic rings. The topological polar surface area (TPSA) is 90.6 Å². The van der Waals surface area contributed by atoms with E-state index in [9.17, 15) is 4.79 Å². The molecule has 1 aliphatic rings. The number of hydrogen-bond acceptors (Lipinski definition) is 6. The van der Waals surface area contributed by atoms with Gasteiger partial charge in [0, 0.05) is 53.8 Å². The zero-order valence-electron chi connectivity index (χ0n) is 16.2. The second-order valence-electron chi connectivity index (χ2n) is 6.73. The van der Waals surface area contributed by atoms with Gasteiger partial charge in [0.15, 0.2) is 0 Å². The van der Waals surface area contributed by atoms with E-state index in [2.05, 4.69) is 9.97 Å². The van der Waals surface area contributed by atoms with Crippen LogP contribution >= 0.6 is 0 Å². The summed E-state index contributed by atoms with van der Waals surface area (Å²) in [6, 6.07) is 13.2. The van der Waals surface area contributed by atoms with Crippen molar-refractivity contribution in [2.45, 2.75) is 0 Å². The Balaban J connectivity index is 1.58. The number of carbonyl (C=O) groups is 1. The number of nitrogens with zero attached hydrogens (tertiary/aromatic N) is 3. The standard InChI is InChI=1S/C22H22N4O3/c1-28-20-7-6-17(13-24-20)19-12-18(14-25-21(19)23)15-2-4-16(5-3-15)22(27)26-8-10-29-11-9-26/h2-7,12-14H,8-11H2,1H3,(H2,23,25). The van der Waals surface area contributed by atoms with E-state index in [-0.39, 0.29) is 5.91 Å². The first-order chi connectivity index (χ1) is 14.2. The summed E-state index contributed by atoms with van der Waals surface area (Å²) in [7, 11) is 1.58. The van der Waals surface area contributed by atoms with Crippen LogP contribution in [0.5, 0.6) is 5.88 Å². The van der Waals surface area contributed by atoms with E-state index in [1.165, 1.54) is 0 Å². The summed E-state index contributed by atoms with van der Waals surface area (Å²) >= 11 is 0. The maximum absolute atomic E-state index is 12.6. The van der Waals surface area contributed by atoms with Gasteiger partial charge in [-0.3, -0.25) is 4.79 Å². The molecule has 1 saturated heterocycles. The fourth-order valence-corrected chi connectivity index (χ4v) is 3.28. The summed E-state index contributed by atoms with van der Waals surface area (Å²) < 4.78 is 10.4. The first-order valence-corrected chi connectivity index (χ1v) is 9.39. The number of rotatable bonds is 4. The molecule has 7 heteroatoms. The minimum absolute atomic E-state index is 0.0280. The first-order valence-electron chi connectivity index (χ1n) is 9.39. The number of nitrogens with two attached hydrogens (primary N) is 1. The number of nitrogen functional groups attached to an aromatic ring is 1. The number of hydrogen-bond donors (Lipinski definition) is 1. The molecule has 0 bridgehead atoms. The number of pyridine rings is 2. The van der Waals surface area contributed by atoms with Gasteiger partial charge in [0.25, 0.3) is 5.91 Å². The van der Waals surface area contributed by atoms with E-state index in [0.717, 1.165) is 22.3 Å². The zero-order valence-corrected chi connectivity index (χ0v) is 16.2. The van der Waals surface area contributed by atoms with E-state index >= 15 is 0 Å². The highest BCUT2D eigenvalue weighted by molar-refractivity contribution is 5.95. The van der Waals surface area contributed by atoms with Crippen molar-refractivity contribution < 1.29 is 14.3 Å². The Bertz CT molecular complexity index is 998. The summed E-state index contributed by atoms with van der Waals surface area (Å²) in [5, 5.41) is 0. The molecule has 0 saturated carbocycles. The van der Waals surface area contributed by atoms with Crippen LogP contribution in [0.4, 0.5) is 5.82 Å². The molecular formula is C22H22N4O3.